The van der Waals surface area contributed by atoms with E-state index in [2.05, 4.69) is 29.3 Å². The van der Waals surface area contributed by atoms with Crippen molar-refractivity contribution < 1.29 is 9.94 Å². The van der Waals surface area contributed by atoms with Crippen LogP contribution >= 0.6 is 0 Å². The Morgan fingerprint density at radius 2 is 2.04 bits per heavy atom. The van der Waals surface area contributed by atoms with Gasteiger partial charge in [0.1, 0.15) is 0 Å². The van der Waals surface area contributed by atoms with Gasteiger partial charge in [0, 0.05) is 6.20 Å². The number of aromatic nitrogens is 1. The molecule has 5 nitrogen and oxygen atoms in total. The Bertz CT molecular complexity index is 669. The second-order valence-corrected chi connectivity index (χ2v) is 5.76. The maximum absolute atomic E-state index is 9.46. The van der Waals surface area contributed by atoms with E-state index in [0.29, 0.717) is 36.3 Å². The van der Waals surface area contributed by atoms with Crippen LogP contribution in [0.3, 0.4) is 0 Å². The molecule has 2 rings (SSSR count). The number of benzene rings is 1. The number of rotatable bonds is 6. The molecule has 23 heavy (non-hydrogen) atoms. The van der Waals surface area contributed by atoms with Gasteiger partial charge in [-0.15, -0.1) is 0 Å². The molecule has 1 aromatic heterocycles. The Hall–Kier alpha value is -2.40. The van der Waals surface area contributed by atoms with Crippen molar-refractivity contribution in [1.29, 1.82) is 0 Å². The number of hydrogen-bond donors (Lipinski definition) is 2. The number of nitrogens with zero attached hydrogens (tertiary/aromatic N) is 2. The summed E-state index contributed by atoms with van der Waals surface area (Å²) in [6, 6.07) is 11.6. The van der Waals surface area contributed by atoms with Crippen molar-refractivity contribution in [3.63, 3.8) is 0 Å². The van der Waals surface area contributed by atoms with Gasteiger partial charge in [0.2, 0.25) is 5.88 Å². The summed E-state index contributed by atoms with van der Waals surface area (Å²) < 4.78 is 5.71. The SMILES string of the molecule is Cc1ccccc1CN=C(NO)c1cccnc1OCC(C)C. The molecule has 0 bridgehead atoms. The van der Waals surface area contributed by atoms with Crippen LogP contribution in [0.5, 0.6) is 5.88 Å². The van der Waals surface area contributed by atoms with Gasteiger partial charge in [-0.05, 0) is 36.1 Å². The van der Waals surface area contributed by atoms with E-state index in [4.69, 9.17) is 4.74 Å². The first kappa shape index (κ1) is 17.0. The van der Waals surface area contributed by atoms with E-state index < -0.39 is 0 Å². The van der Waals surface area contributed by atoms with E-state index >= 15 is 0 Å². The van der Waals surface area contributed by atoms with Crippen molar-refractivity contribution >= 4 is 5.84 Å². The van der Waals surface area contributed by atoms with Crippen LogP contribution in [-0.4, -0.2) is 22.6 Å². The van der Waals surface area contributed by atoms with Gasteiger partial charge in [-0.3, -0.25) is 15.7 Å². The number of hydroxylamine groups is 1. The zero-order valence-electron chi connectivity index (χ0n) is 13.8. The molecule has 0 radical (unpaired) electrons. The topological polar surface area (TPSA) is 66.7 Å². The van der Waals surface area contributed by atoms with E-state index in [-0.39, 0.29) is 0 Å². The van der Waals surface area contributed by atoms with Crippen molar-refractivity contribution in [2.75, 3.05) is 6.61 Å². The van der Waals surface area contributed by atoms with Crippen LogP contribution in [0.1, 0.15) is 30.5 Å². The summed E-state index contributed by atoms with van der Waals surface area (Å²) in [6.45, 7) is 7.20. The number of pyridine rings is 1. The molecule has 0 amide bonds. The predicted octanol–water partition coefficient (Wildman–Crippen LogP) is 3.35. The third kappa shape index (κ3) is 4.79. The second-order valence-electron chi connectivity index (χ2n) is 5.76. The minimum Gasteiger partial charge on any atom is -0.477 e. The molecule has 0 saturated heterocycles. The van der Waals surface area contributed by atoms with E-state index in [1.165, 1.54) is 0 Å². The Morgan fingerprint density at radius 3 is 2.74 bits per heavy atom. The fourth-order valence-electron chi connectivity index (χ4n) is 2.06. The first-order valence-corrected chi connectivity index (χ1v) is 7.69. The largest absolute Gasteiger partial charge is 0.477 e. The van der Waals surface area contributed by atoms with Gasteiger partial charge in [0.15, 0.2) is 5.84 Å². The molecule has 122 valence electrons. The maximum Gasteiger partial charge on any atom is 0.224 e. The number of ether oxygens (including phenoxy) is 1. The Kier molecular flexibility index (Phi) is 6.11. The second kappa shape index (κ2) is 8.29. The Balaban J connectivity index is 2.23. The van der Waals surface area contributed by atoms with E-state index in [0.717, 1.165) is 11.1 Å². The minimum atomic E-state index is 0.347. The van der Waals surface area contributed by atoms with Crippen LogP contribution in [-0.2, 0) is 6.54 Å². The molecule has 2 aromatic rings. The van der Waals surface area contributed by atoms with Crippen molar-refractivity contribution in [2.45, 2.75) is 27.3 Å². The standard InChI is InChI=1S/C18H23N3O2/c1-13(2)12-23-18-16(9-6-10-19-18)17(21-22)20-11-15-8-5-4-7-14(15)3/h4-10,13,22H,11-12H2,1-3H3,(H,20,21). The fraction of sp³-hybridized carbons (Fsp3) is 0.333. The third-order valence-electron chi connectivity index (χ3n) is 3.35. The number of aryl methyl sites for hydroxylation is 1. The molecule has 0 aliphatic rings. The highest BCUT2D eigenvalue weighted by molar-refractivity contribution is 5.99. The smallest absolute Gasteiger partial charge is 0.224 e. The lowest BCUT2D eigenvalue weighted by molar-refractivity contribution is 0.232. The van der Waals surface area contributed by atoms with Crippen LogP contribution in [0.2, 0.25) is 0 Å². The first-order chi connectivity index (χ1) is 11.1. The van der Waals surface area contributed by atoms with Gasteiger partial charge in [-0.1, -0.05) is 38.1 Å². The van der Waals surface area contributed by atoms with Gasteiger partial charge in [-0.2, -0.15) is 0 Å². The molecule has 0 unspecified atom stereocenters. The molecule has 1 aromatic carbocycles. The van der Waals surface area contributed by atoms with Gasteiger partial charge >= 0.3 is 0 Å². The first-order valence-electron chi connectivity index (χ1n) is 7.69. The summed E-state index contributed by atoms with van der Waals surface area (Å²) >= 11 is 0. The molecule has 0 aliphatic heterocycles. The summed E-state index contributed by atoms with van der Waals surface area (Å²) in [5.74, 6) is 1.20. The maximum atomic E-state index is 9.46. The summed E-state index contributed by atoms with van der Waals surface area (Å²) in [6.07, 6.45) is 1.66. The summed E-state index contributed by atoms with van der Waals surface area (Å²) in [4.78, 5) is 8.70. The monoisotopic (exact) mass is 313 g/mol. The Morgan fingerprint density at radius 1 is 1.26 bits per heavy atom. The highest BCUT2D eigenvalue weighted by Crippen LogP contribution is 2.17. The highest BCUT2D eigenvalue weighted by atomic mass is 16.5. The van der Waals surface area contributed by atoms with Gasteiger partial charge in [0.05, 0.1) is 18.7 Å². The van der Waals surface area contributed by atoms with Crippen molar-refractivity contribution in [3.05, 3.63) is 59.3 Å². The molecule has 2 N–H and O–H groups in total. The summed E-state index contributed by atoms with van der Waals surface area (Å²) in [7, 11) is 0. The quantitative estimate of drug-likeness (QED) is 0.487. The zero-order chi connectivity index (χ0) is 16.7. The average Bonchev–Trinajstić information content (AvgIpc) is 2.56. The number of aliphatic imine (C=N–C) groups is 1. The lowest BCUT2D eigenvalue weighted by Gasteiger charge is -2.13. The molecule has 0 atom stereocenters. The molecule has 0 spiro atoms. The summed E-state index contributed by atoms with van der Waals surface area (Å²) in [5.41, 5.74) is 5.08. The lowest BCUT2D eigenvalue weighted by atomic mass is 10.1. The zero-order valence-corrected chi connectivity index (χ0v) is 13.8. The average molecular weight is 313 g/mol. The van der Waals surface area contributed by atoms with Crippen LogP contribution in [0.4, 0.5) is 0 Å². The third-order valence-corrected chi connectivity index (χ3v) is 3.35. The van der Waals surface area contributed by atoms with E-state index in [1.807, 2.05) is 37.3 Å². The van der Waals surface area contributed by atoms with Crippen LogP contribution < -0.4 is 10.2 Å². The Labute approximate surface area is 137 Å². The molecule has 0 aliphatic carbocycles. The predicted molar refractivity (Wildman–Crippen MR) is 90.9 cm³/mol. The van der Waals surface area contributed by atoms with Gasteiger partial charge < -0.3 is 4.74 Å². The molecule has 5 heteroatoms. The number of nitrogens with one attached hydrogen (secondary N) is 1. The molecule has 0 fully saturated rings. The molecule has 0 saturated carbocycles. The van der Waals surface area contributed by atoms with Crippen LogP contribution in [0, 0.1) is 12.8 Å². The van der Waals surface area contributed by atoms with Gasteiger partial charge in [-0.25, -0.2) is 4.98 Å². The van der Waals surface area contributed by atoms with Crippen LogP contribution in [0.15, 0.2) is 47.6 Å². The van der Waals surface area contributed by atoms with Crippen molar-refractivity contribution in [3.8, 4) is 5.88 Å². The van der Waals surface area contributed by atoms with Crippen molar-refractivity contribution in [1.82, 2.24) is 10.5 Å². The normalized spacial score (nSPS) is 11.6. The molecular weight excluding hydrogens is 290 g/mol. The van der Waals surface area contributed by atoms with E-state index in [9.17, 15) is 5.21 Å². The fourth-order valence-corrected chi connectivity index (χ4v) is 2.06. The highest BCUT2D eigenvalue weighted by Gasteiger charge is 2.12. The van der Waals surface area contributed by atoms with Crippen LogP contribution in [0.25, 0.3) is 0 Å². The minimum absolute atomic E-state index is 0.347. The number of amidine groups is 1. The lowest BCUT2D eigenvalue weighted by Crippen LogP contribution is -2.22. The van der Waals surface area contributed by atoms with Gasteiger partial charge in [0.25, 0.3) is 0 Å². The molecular formula is C18H23N3O2. The summed E-state index contributed by atoms with van der Waals surface area (Å²) in [5, 5.41) is 9.46. The number of hydrogen-bond acceptors (Lipinski definition) is 4. The van der Waals surface area contributed by atoms with Crippen molar-refractivity contribution in [2.24, 2.45) is 10.9 Å². The molecule has 1 heterocycles. The van der Waals surface area contributed by atoms with E-state index in [1.54, 1.807) is 12.3 Å².